The summed E-state index contributed by atoms with van der Waals surface area (Å²) in [5.74, 6) is 2.32. The molecule has 2 saturated carbocycles. The predicted molar refractivity (Wildman–Crippen MR) is 361 cm³/mol. The number of esters is 1. The molecule has 1 N–H and O–H groups in total. The van der Waals surface area contributed by atoms with E-state index in [1.54, 1.807) is 6.07 Å². The number of nitrogens with zero attached hydrogens (tertiary/aromatic N) is 6. The summed E-state index contributed by atoms with van der Waals surface area (Å²) in [6, 6.07) is 48.0. The summed E-state index contributed by atoms with van der Waals surface area (Å²) in [5.41, 5.74) is 11.4. The van der Waals surface area contributed by atoms with Crippen LogP contribution in [0.15, 0.2) is 146 Å². The van der Waals surface area contributed by atoms with Crippen LogP contribution in [0.5, 0.6) is 11.5 Å². The van der Waals surface area contributed by atoms with E-state index in [2.05, 4.69) is 45.5 Å². The lowest BCUT2D eigenvalue weighted by molar-refractivity contribution is -0.117. The lowest BCUT2D eigenvalue weighted by Crippen LogP contribution is -2.23. The zero-order valence-electron chi connectivity index (χ0n) is 49.7. The second-order valence-corrected chi connectivity index (χ2v) is 26.1. The van der Waals surface area contributed by atoms with Crippen molar-refractivity contribution in [2.45, 2.75) is 115 Å². The summed E-state index contributed by atoms with van der Waals surface area (Å²) in [5, 5.41) is 10.9. The number of methoxy groups -OCH3 is 1. The number of hydrogen-bond acceptors (Lipinski definition) is 11. The Hall–Kier alpha value is -7.99. The number of imidazole rings is 2. The van der Waals surface area contributed by atoms with Crippen LogP contribution in [0.2, 0.25) is 10.0 Å². The Morgan fingerprint density at radius 3 is 1.31 bits per heavy atom. The predicted octanol–water partition coefficient (Wildman–Crippen LogP) is 18.5. The van der Waals surface area contributed by atoms with Gasteiger partial charge < -0.3 is 38.3 Å². The van der Waals surface area contributed by atoms with E-state index in [9.17, 15) is 24.3 Å². The van der Waals surface area contributed by atoms with E-state index in [1.807, 2.05) is 113 Å². The molecule has 19 heteroatoms. The summed E-state index contributed by atoms with van der Waals surface area (Å²) in [6.45, 7) is 2.14. The van der Waals surface area contributed by atoms with Crippen LogP contribution in [-0.4, -0.2) is 68.2 Å². The summed E-state index contributed by atoms with van der Waals surface area (Å²) in [4.78, 5) is 65.3. The molecular formula is C71H67Cl3N6O8S2. The normalized spacial score (nSPS) is 15.5. The molecule has 0 atom stereocenters. The lowest BCUT2D eigenvalue weighted by atomic mass is 9.95. The fourth-order valence-corrected chi connectivity index (χ4v) is 15.3. The summed E-state index contributed by atoms with van der Waals surface area (Å²) in [7, 11) is 1.41. The third-order valence-electron chi connectivity index (χ3n) is 17.5. The molecule has 2 saturated heterocycles. The number of halogens is 3. The SMILES string of the molecule is COC(=O)c1cc2nc(-c3ccc(OCc4cc(N5CCCC5=O)ccc4-c4ccc(Cl)cc4)cc3)n(C3CCCCC3)c2s1.Cl.O=C(O)c1cc2nc(-c3ccc(OCc4cc(N5CCCC5=O)ccc4-c4ccc(Cl)cc4)cc3)n(C3CCCCC3)c2s1. The molecule has 6 heterocycles. The number of hydrogen-bond donors (Lipinski definition) is 1. The first-order chi connectivity index (χ1) is 43.4. The minimum absolute atomic E-state index is 0. The number of carboxylic acids is 1. The van der Waals surface area contributed by atoms with Crippen LogP contribution in [0.4, 0.5) is 11.4 Å². The smallest absolute Gasteiger partial charge is 0.348 e. The molecule has 4 aromatic heterocycles. The molecule has 4 aliphatic rings. The van der Waals surface area contributed by atoms with Gasteiger partial charge >= 0.3 is 11.9 Å². The number of anilines is 2. The molecule has 4 fully saturated rings. The standard InChI is InChI=1S/C36H34ClN3O4S.C35H32ClN3O4S.ClH/c1-43-36(42)32-21-31-35(45-32)40(27-6-3-2-4-7-27)34(38-31)24-11-16-29(17-12-24)44-22-25-20-28(39-19-5-8-33(39)41)15-18-30(25)23-9-13-26(37)14-10-23;36-25-12-8-22(9-13-25)29-17-14-27(38-18-4-7-32(38)40)19-24(29)21-43-28-15-10-23(11-16-28)33-37-30-20-31(35(41)42)44-34(30)39(33)26-5-2-1-3-6-26;/h9-18,20-21,27H,2-8,19,22H2,1H3;8-17,19-20,26H,1-7,18,21H2,(H,41,42);1H. The van der Waals surface area contributed by atoms with Gasteiger partial charge in [-0.1, -0.05) is 98.1 Å². The van der Waals surface area contributed by atoms with Crippen LogP contribution < -0.4 is 19.3 Å². The van der Waals surface area contributed by atoms with Gasteiger partial charge in [-0.05, 0) is 181 Å². The van der Waals surface area contributed by atoms with E-state index in [0.29, 0.717) is 57.9 Å². The Balaban J connectivity index is 0.000000172. The molecule has 0 bridgehead atoms. The van der Waals surface area contributed by atoms with Crippen molar-refractivity contribution in [2.75, 3.05) is 30.0 Å². The van der Waals surface area contributed by atoms with Crippen LogP contribution >= 0.6 is 58.3 Å². The number of ether oxygens (including phenoxy) is 3. The van der Waals surface area contributed by atoms with Gasteiger partial charge in [0, 0.05) is 70.6 Å². The van der Waals surface area contributed by atoms with E-state index < -0.39 is 5.97 Å². The first-order valence-electron chi connectivity index (χ1n) is 30.6. The first-order valence-corrected chi connectivity index (χ1v) is 33.0. The highest BCUT2D eigenvalue weighted by molar-refractivity contribution is 7.20. The Bertz CT molecular complexity index is 4240. The van der Waals surface area contributed by atoms with E-state index in [0.717, 1.165) is 151 Å². The largest absolute Gasteiger partial charge is 0.489 e. The minimum Gasteiger partial charge on any atom is -0.489 e. The average Bonchev–Trinajstić information content (AvgIpc) is 1.62. The van der Waals surface area contributed by atoms with Crippen LogP contribution in [-0.2, 0) is 27.5 Å². The monoisotopic (exact) mass is 1300 g/mol. The second-order valence-electron chi connectivity index (χ2n) is 23.2. The highest BCUT2D eigenvalue weighted by Crippen LogP contribution is 2.42. The Morgan fingerprint density at radius 2 is 0.922 bits per heavy atom. The molecule has 6 aromatic carbocycles. The number of carboxylic acid groups (broad SMARTS) is 1. The zero-order chi connectivity index (χ0) is 61.1. The molecular weight excluding hydrogens is 1240 g/mol. The van der Waals surface area contributed by atoms with Gasteiger partial charge in [-0.2, -0.15) is 0 Å². The van der Waals surface area contributed by atoms with Crippen LogP contribution in [0.3, 0.4) is 0 Å². The maximum atomic E-state index is 12.5. The molecule has 2 aliphatic carbocycles. The van der Waals surface area contributed by atoms with E-state index >= 15 is 0 Å². The Kier molecular flexibility index (Phi) is 19.1. The molecule has 90 heavy (non-hydrogen) atoms. The van der Waals surface area contributed by atoms with E-state index in [1.165, 1.54) is 68.3 Å². The van der Waals surface area contributed by atoms with Crippen molar-refractivity contribution in [3.63, 3.8) is 0 Å². The number of aromatic carboxylic acids is 1. The zero-order valence-corrected chi connectivity index (χ0v) is 53.7. The van der Waals surface area contributed by atoms with E-state index in [4.69, 9.17) is 47.4 Å². The lowest BCUT2D eigenvalue weighted by Gasteiger charge is -2.25. The van der Waals surface area contributed by atoms with Crippen molar-refractivity contribution in [3.8, 4) is 56.5 Å². The number of carbonyl (C=O) groups excluding carboxylic acids is 3. The van der Waals surface area contributed by atoms with Gasteiger partial charge in [0.1, 0.15) is 66.8 Å². The molecule has 2 amide bonds. The summed E-state index contributed by atoms with van der Waals surface area (Å²) in [6.07, 6.45) is 14.4. The Labute approximate surface area is 546 Å². The molecule has 14 nitrogen and oxygen atoms in total. The average molecular weight is 1300 g/mol. The van der Waals surface area contributed by atoms with Gasteiger partial charge in [0.2, 0.25) is 11.8 Å². The van der Waals surface area contributed by atoms with Gasteiger partial charge in [-0.25, -0.2) is 19.6 Å². The highest BCUT2D eigenvalue weighted by Gasteiger charge is 2.29. The quantitative estimate of drug-likeness (QED) is 0.0923. The topological polar surface area (TPSA) is 158 Å². The first kappa shape index (κ1) is 62.2. The van der Waals surface area contributed by atoms with Gasteiger partial charge in [0.25, 0.3) is 0 Å². The van der Waals surface area contributed by atoms with Crippen molar-refractivity contribution >= 4 is 114 Å². The number of rotatable bonds is 16. The Morgan fingerprint density at radius 1 is 0.522 bits per heavy atom. The number of fused-ring (bicyclic) bond motifs is 2. The highest BCUT2D eigenvalue weighted by atomic mass is 35.5. The second kappa shape index (κ2) is 27.6. The van der Waals surface area contributed by atoms with Crippen molar-refractivity contribution in [1.29, 1.82) is 0 Å². The number of aromatic nitrogens is 4. The maximum absolute atomic E-state index is 12.5. The van der Waals surface area contributed by atoms with Crippen LogP contribution in [0.1, 0.15) is 132 Å². The minimum atomic E-state index is -0.914. The summed E-state index contributed by atoms with van der Waals surface area (Å²) < 4.78 is 22.3. The molecule has 0 radical (unpaired) electrons. The third-order valence-corrected chi connectivity index (χ3v) is 20.2. The van der Waals surface area contributed by atoms with Gasteiger partial charge in [0.05, 0.1) is 7.11 Å². The number of amides is 2. The number of carbonyl (C=O) groups is 4. The van der Waals surface area contributed by atoms with Crippen molar-refractivity contribution in [2.24, 2.45) is 0 Å². The summed E-state index contributed by atoms with van der Waals surface area (Å²) >= 11 is 15.1. The van der Waals surface area contributed by atoms with Gasteiger partial charge in [0.15, 0.2) is 0 Å². The van der Waals surface area contributed by atoms with E-state index in [-0.39, 0.29) is 30.2 Å². The van der Waals surface area contributed by atoms with Crippen LogP contribution in [0, 0.1) is 0 Å². The van der Waals surface area contributed by atoms with Gasteiger partial charge in [-0.15, -0.1) is 35.1 Å². The molecule has 2 aliphatic heterocycles. The van der Waals surface area contributed by atoms with Crippen molar-refractivity contribution in [3.05, 3.63) is 177 Å². The number of thiophene rings is 2. The van der Waals surface area contributed by atoms with Gasteiger partial charge in [-0.3, -0.25) is 9.59 Å². The van der Waals surface area contributed by atoms with Crippen molar-refractivity contribution < 1.29 is 38.5 Å². The molecule has 14 rings (SSSR count). The molecule has 0 spiro atoms. The molecule has 10 aromatic rings. The van der Waals surface area contributed by atoms with Crippen LogP contribution in [0.25, 0.3) is 65.7 Å². The number of benzene rings is 6. The fourth-order valence-electron chi connectivity index (χ4n) is 13.0. The maximum Gasteiger partial charge on any atom is 0.348 e. The van der Waals surface area contributed by atoms with Crippen molar-refractivity contribution in [1.82, 2.24) is 19.1 Å². The fraction of sp³-hybridized carbons (Fsp3) is 0.296. The molecule has 462 valence electrons. The molecule has 0 unspecified atom stereocenters. The third kappa shape index (κ3) is 13.3.